The van der Waals surface area contributed by atoms with Gasteiger partial charge in [-0.2, -0.15) is 5.10 Å². The molecule has 0 saturated heterocycles. The minimum atomic E-state index is -0.200. The van der Waals surface area contributed by atoms with Gasteiger partial charge in [-0.1, -0.05) is 12.1 Å². The summed E-state index contributed by atoms with van der Waals surface area (Å²) in [6.45, 7) is 0.588. The van der Waals surface area contributed by atoms with E-state index in [0.717, 1.165) is 24.1 Å². The van der Waals surface area contributed by atoms with E-state index in [1.807, 2.05) is 30.3 Å². The highest BCUT2D eigenvalue weighted by Crippen LogP contribution is 2.32. The number of ether oxygens (including phenoxy) is 2. The molecule has 1 amide bonds. The predicted molar refractivity (Wildman–Crippen MR) is 109 cm³/mol. The Balaban J connectivity index is 1.45. The number of amides is 1. The quantitative estimate of drug-likeness (QED) is 0.660. The van der Waals surface area contributed by atoms with Gasteiger partial charge in [0.2, 0.25) is 0 Å². The lowest BCUT2D eigenvalue weighted by molar-refractivity contribution is 0.102. The second-order valence-electron chi connectivity index (χ2n) is 7.14. The van der Waals surface area contributed by atoms with E-state index in [4.69, 9.17) is 9.47 Å². The van der Waals surface area contributed by atoms with Crippen molar-refractivity contribution in [2.45, 2.75) is 38.3 Å². The third-order valence-corrected chi connectivity index (χ3v) is 5.02. The molecule has 3 aromatic rings. The van der Waals surface area contributed by atoms with Crippen LogP contribution in [0.2, 0.25) is 0 Å². The number of carbonyl (C=O) groups excluding carboxylic acids is 1. The summed E-state index contributed by atoms with van der Waals surface area (Å²) in [5.74, 6) is 1.06. The number of nitrogens with zero attached hydrogens (tertiary/aromatic N) is 3. The molecule has 0 spiro atoms. The van der Waals surface area contributed by atoms with E-state index < -0.39 is 0 Å². The molecule has 150 valence electrons. The van der Waals surface area contributed by atoms with E-state index in [0.29, 0.717) is 23.6 Å². The van der Waals surface area contributed by atoms with E-state index in [9.17, 15) is 4.79 Å². The molecule has 7 nitrogen and oxygen atoms in total. The zero-order valence-corrected chi connectivity index (χ0v) is 16.4. The van der Waals surface area contributed by atoms with Crippen molar-refractivity contribution in [3.63, 3.8) is 0 Å². The first-order valence-electron chi connectivity index (χ1n) is 9.78. The van der Waals surface area contributed by atoms with Gasteiger partial charge in [0.05, 0.1) is 19.8 Å². The van der Waals surface area contributed by atoms with Crippen LogP contribution in [0.3, 0.4) is 0 Å². The van der Waals surface area contributed by atoms with Crippen LogP contribution in [0.1, 0.15) is 41.6 Å². The van der Waals surface area contributed by atoms with Crippen molar-refractivity contribution in [2.75, 3.05) is 12.4 Å². The van der Waals surface area contributed by atoms with Crippen molar-refractivity contribution in [3.05, 3.63) is 66.2 Å². The topological polar surface area (TPSA) is 78.3 Å². The summed E-state index contributed by atoms with van der Waals surface area (Å²) in [5.41, 5.74) is 2.26. The number of hydrogen-bond donors (Lipinski definition) is 1. The van der Waals surface area contributed by atoms with Gasteiger partial charge in [0.1, 0.15) is 12.7 Å². The van der Waals surface area contributed by atoms with E-state index in [1.165, 1.54) is 19.2 Å². The molecule has 1 aliphatic rings. The second kappa shape index (κ2) is 8.77. The van der Waals surface area contributed by atoms with Crippen LogP contribution in [0.5, 0.6) is 11.5 Å². The SMILES string of the molecule is COc1cc(C(=O)Nc2cccc(Cn3cncn3)c2)ccc1OC1CCCC1. The molecular weight excluding hydrogens is 368 g/mol. The van der Waals surface area contributed by atoms with Crippen molar-refractivity contribution in [1.29, 1.82) is 0 Å². The monoisotopic (exact) mass is 392 g/mol. The Morgan fingerprint density at radius 2 is 2.03 bits per heavy atom. The van der Waals surface area contributed by atoms with Gasteiger partial charge in [0, 0.05) is 11.3 Å². The largest absolute Gasteiger partial charge is 0.493 e. The molecule has 29 heavy (non-hydrogen) atoms. The Morgan fingerprint density at radius 1 is 1.17 bits per heavy atom. The van der Waals surface area contributed by atoms with Crippen LogP contribution in [0, 0.1) is 0 Å². The maximum Gasteiger partial charge on any atom is 0.255 e. The highest BCUT2D eigenvalue weighted by molar-refractivity contribution is 6.04. The Kier molecular flexibility index (Phi) is 5.74. The van der Waals surface area contributed by atoms with Crippen molar-refractivity contribution in [1.82, 2.24) is 14.8 Å². The fourth-order valence-corrected chi connectivity index (χ4v) is 3.54. The maximum absolute atomic E-state index is 12.7. The van der Waals surface area contributed by atoms with E-state index >= 15 is 0 Å². The lowest BCUT2D eigenvalue weighted by atomic mass is 10.1. The van der Waals surface area contributed by atoms with Gasteiger partial charge in [-0.05, 0) is 61.6 Å². The van der Waals surface area contributed by atoms with Crippen LogP contribution < -0.4 is 14.8 Å². The Hall–Kier alpha value is -3.35. The fraction of sp³-hybridized carbons (Fsp3) is 0.318. The molecule has 0 aliphatic heterocycles. The van der Waals surface area contributed by atoms with E-state index in [-0.39, 0.29) is 12.0 Å². The third-order valence-electron chi connectivity index (χ3n) is 5.02. The number of anilines is 1. The Bertz CT molecular complexity index is 966. The summed E-state index contributed by atoms with van der Waals surface area (Å²) in [4.78, 5) is 16.7. The molecule has 1 fully saturated rings. The molecule has 0 unspecified atom stereocenters. The molecule has 0 bridgehead atoms. The molecule has 1 aromatic heterocycles. The van der Waals surface area contributed by atoms with Crippen LogP contribution in [0.4, 0.5) is 5.69 Å². The second-order valence-corrected chi connectivity index (χ2v) is 7.14. The van der Waals surface area contributed by atoms with Gasteiger partial charge in [-0.25, -0.2) is 9.67 Å². The average molecular weight is 392 g/mol. The molecule has 0 radical (unpaired) electrons. The van der Waals surface area contributed by atoms with Crippen LogP contribution in [-0.2, 0) is 6.54 Å². The zero-order valence-electron chi connectivity index (χ0n) is 16.4. The number of carbonyl (C=O) groups is 1. The number of benzene rings is 2. The van der Waals surface area contributed by atoms with Gasteiger partial charge >= 0.3 is 0 Å². The van der Waals surface area contributed by atoms with Gasteiger partial charge < -0.3 is 14.8 Å². The maximum atomic E-state index is 12.7. The molecule has 4 rings (SSSR count). The van der Waals surface area contributed by atoms with E-state index in [2.05, 4.69) is 15.4 Å². The smallest absolute Gasteiger partial charge is 0.255 e. The van der Waals surface area contributed by atoms with Crippen LogP contribution >= 0.6 is 0 Å². The number of rotatable bonds is 7. The molecule has 1 aliphatic carbocycles. The lowest BCUT2D eigenvalue weighted by Crippen LogP contribution is -2.14. The first-order chi connectivity index (χ1) is 14.2. The summed E-state index contributed by atoms with van der Waals surface area (Å²) in [6, 6.07) is 13.0. The first kappa shape index (κ1) is 19.0. The molecule has 1 heterocycles. The van der Waals surface area contributed by atoms with Gasteiger partial charge in [0.15, 0.2) is 11.5 Å². The van der Waals surface area contributed by atoms with Gasteiger partial charge in [-0.15, -0.1) is 0 Å². The number of methoxy groups -OCH3 is 1. The highest BCUT2D eigenvalue weighted by Gasteiger charge is 2.19. The predicted octanol–water partition coefficient (Wildman–Crippen LogP) is 3.91. The van der Waals surface area contributed by atoms with Crippen LogP contribution in [0.15, 0.2) is 55.1 Å². The molecular formula is C22H24N4O3. The van der Waals surface area contributed by atoms with Crippen LogP contribution in [0.25, 0.3) is 0 Å². The molecule has 1 saturated carbocycles. The highest BCUT2D eigenvalue weighted by atomic mass is 16.5. The number of hydrogen-bond acceptors (Lipinski definition) is 5. The molecule has 2 aromatic carbocycles. The zero-order chi connectivity index (χ0) is 20.1. The summed E-state index contributed by atoms with van der Waals surface area (Å²) in [5, 5.41) is 7.05. The third kappa shape index (κ3) is 4.74. The van der Waals surface area contributed by atoms with Crippen molar-refractivity contribution in [3.8, 4) is 11.5 Å². The van der Waals surface area contributed by atoms with Gasteiger partial charge in [0.25, 0.3) is 5.91 Å². The normalized spacial score (nSPS) is 14.0. The number of nitrogens with one attached hydrogen (secondary N) is 1. The van der Waals surface area contributed by atoms with Gasteiger partial charge in [-0.3, -0.25) is 4.79 Å². The Morgan fingerprint density at radius 3 is 2.79 bits per heavy atom. The number of aromatic nitrogens is 3. The Labute approximate surface area is 169 Å². The standard InChI is InChI=1S/C22H24N4O3/c1-28-21-12-17(9-10-20(21)29-19-7-2-3-8-19)22(27)25-18-6-4-5-16(11-18)13-26-15-23-14-24-26/h4-6,9-12,14-15,19H,2-3,7-8,13H2,1H3,(H,25,27). The fourth-order valence-electron chi connectivity index (χ4n) is 3.54. The van der Waals surface area contributed by atoms with Crippen molar-refractivity contribution in [2.24, 2.45) is 0 Å². The minimum absolute atomic E-state index is 0.200. The average Bonchev–Trinajstić information content (AvgIpc) is 3.43. The molecule has 7 heteroatoms. The lowest BCUT2D eigenvalue weighted by Gasteiger charge is -2.16. The summed E-state index contributed by atoms with van der Waals surface area (Å²) >= 11 is 0. The minimum Gasteiger partial charge on any atom is -0.493 e. The first-order valence-corrected chi connectivity index (χ1v) is 9.78. The summed E-state index contributed by atoms with van der Waals surface area (Å²) in [7, 11) is 1.59. The van der Waals surface area contributed by atoms with Crippen molar-refractivity contribution < 1.29 is 14.3 Å². The van der Waals surface area contributed by atoms with Crippen molar-refractivity contribution >= 4 is 11.6 Å². The molecule has 0 atom stereocenters. The summed E-state index contributed by atoms with van der Waals surface area (Å²) < 4.78 is 13.2. The molecule has 1 N–H and O–H groups in total. The summed E-state index contributed by atoms with van der Waals surface area (Å²) in [6.07, 6.45) is 7.92. The van der Waals surface area contributed by atoms with E-state index in [1.54, 1.807) is 30.3 Å². The van der Waals surface area contributed by atoms with Crippen LogP contribution in [-0.4, -0.2) is 33.9 Å².